The Balaban J connectivity index is 1.13. The number of rotatable bonds is 4. The summed E-state index contributed by atoms with van der Waals surface area (Å²) in [7, 11) is 0. The average Bonchev–Trinajstić information content (AvgIpc) is 3.54. The number of hydrogen-bond acceptors (Lipinski definition) is 6. The van der Waals surface area contributed by atoms with Crippen molar-refractivity contribution in [2.24, 2.45) is 5.92 Å². The molecule has 36 heavy (non-hydrogen) atoms. The molecule has 8 heteroatoms. The molecule has 0 bridgehead atoms. The molecule has 1 aromatic heterocycles. The highest BCUT2D eigenvalue weighted by molar-refractivity contribution is 5.95. The first-order valence-corrected chi connectivity index (χ1v) is 12.9. The second-order valence-electron chi connectivity index (χ2n) is 10.9. The summed E-state index contributed by atoms with van der Waals surface area (Å²) in [5, 5.41) is 0. The predicted molar refractivity (Wildman–Crippen MR) is 134 cm³/mol. The highest BCUT2D eigenvalue weighted by Crippen LogP contribution is 2.52. The van der Waals surface area contributed by atoms with Gasteiger partial charge in [0, 0.05) is 68.7 Å². The summed E-state index contributed by atoms with van der Waals surface area (Å²) in [6.07, 6.45) is 5.53. The minimum atomic E-state index is -0.746. The van der Waals surface area contributed by atoms with Crippen molar-refractivity contribution < 1.29 is 19.1 Å². The molecule has 4 aliphatic rings. The molecule has 2 saturated heterocycles. The number of hydrogen-bond donors (Lipinski definition) is 0. The minimum Gasteiger partial charge on any atom is -0.449 e. The van der Waals surface area contributed by atoms with Gasteiger partial charge in [-0.1, -0.05) is 26.0 Å². The Labute approximate surface area is 211 Å². The number of nitrogens with zero attached hydrogens (tertiary/aromatic N) is 4. The standard InChI is InChI=1S/C28H32N4O4/c1-19(2)24(33)31-15-13-30(14-16-31)21-5-3-20(4-6-21)27(8-9-27)26(35)32-12-10-28(18-32)23-7-11-29-17-22(23)25(34)36-28/h3-7,11,17,19H,8-10,12-16,18H2,1-2H3/t28-/m0/s1. The van der Waals surface area contributed by atoms with Crippen molar-refractivity contribution in [3.05, 3.63) is 59.4 Å². The highest BCUT2D eigenvalue weighted by atomic mass is 16.6. The van der Waals surface area contributed by atoms with Gasteiger partial charge in [0.05, 0.1) is 17.5 Å². The molecule has 2 amide bonds. The Kier molecular flexibility index (Phi) is 5.32. The van der Waals surface area contributed by atoms with E-state index in [1.54, 1.807) is 12.4 Å². The molecule has 1 spiro atoms. The Morgan fingerprint density at radius 3 is 2.33 bits per heavy atom. The summed E-state index contributed by atoms with van der Waals surface area (Å²) in [4.78, 5) is 48.6. The maximum atomic E-state index is 13.7. The molecule has 8 nitrogen and oxygen atoms in total. The van der Waals surface area contributed by atoms with Crippen molar-refractivity contribution in [1.82, 2.24) is 14.8 Å². The first-order chi connectivity index (χ1) is 17.3. The van der Waals surface area contributed by atoms with E-state index in [0.29, 0.717) is 25.1 Å². The SMILES string of the molecule is CC(C)C(=O)N1CCN(c2ccc(C3(C(=O)N4CC[C@@]5(C4)OC(=O)c4cnccc45)CC3)cc2)CC1. The molecule has 2 aromatic rings. The lowest BCUT2D eigenvalue weighted by atomic mass is 9.92. The van der Waals surface area contributed by atoms with E-state index in [0.717, 1.165) is 55.8 Å². The summed E-state index contributed by atoms with van der Waals surface area (Å²) < 4.78 is 5.81. The summed E-state index contributed by atoms with van der Waals surface area (Å²) >= 11 is 0. The van der Waals surface area contributed by atoms with Gasteiger partial charge in [-0.2, -0.15) is 0 Å². The van der Waals surface area contributed by atoms with Crippen LogP contribution in [0.2, 0.25) is 0 Å². The van der Waals surface area contributed by atoms with E-state index in [9.17, 15) is 14.4 Å². The zero-order chi connectivity index (χ0) is 25.1. The van der Waals surface area contributed by atoms with Crippen LogP contribution in [0.1, 0.15) is 54.6 Å². The summed E-state index contributed by atoms with van der Waals surface area (Å²) in [5.41, 5.74) is 2.32. The zero-order valence-corrected chi connectivity index (χ0v) is 20.9. The van der Waals surface area contributed by atoms with Crippen molar-refractivity contribution in [2.75, 3.05) is 44.2 Å². The van der Waals surface area contributed by atoms with Gasteiger partial charge >= 0.3 is 5.97 Å². The van der Waals surface area contributed by atoms with E-state index in [-0.39, 0.29) is 23.7 Å². The van der Waals surface area contributed by atoms with Crippen LogP contribution in [0.3, 0.4) is 0 Å². The smallest absolute Gasteiger partial charge is 0.341 e. The van der Waals surface area contributed by atoms with Crippen LogP contribution >= 0.6 is 0 Å². The van der Waals surface area contributed by atoms with Crippen LogP contribution in [0, 0.1) is 5.92 Å². The van der Waals surface area contributed by atoms with Gasteiger partial charge in [0.25, 0.3) is 0 Å². The normalized spacial score (nSPS) is 24.3. The first kappa shape index (κ1) is 23.0. The van der Waals surface area contributed by atoms with Crippen molar-refractivity contribution in [3.8, 4) is 0 Å². The maximum absolute atomic E-state index is 13.7. The molecule has 1 aliphatic carbocycles. The summed E-state index contributed by atoms with van der Waals surface area (Å²) in [6, 6.07) is 10.2. The number of ether oxygens (including phenoxy) is 1. The van der Waals surface area contributed by atoms with Crippen LogP contribution in [0.25, 0.3) is 0 Å². The van der Waals surface area contributed by atoms with Crippen LogP contribution in [-0.2, 0) is 25.3 Å². The lowest BCUT2D eigenvalue weighted by molar-refractivity contribution is -0.135. The van der Waals surface area contributed by atoms with Crippen molar-refractivity contribution >= 4 is 23.5 Å². The number of carbonyl (C=O) groups is 3. The topological polar surface area (TPSA) is 83.0 Å². The molecule has 6 rings (SSSR count). The lowest BCUT2D eigenvalue weighted by Crippen LogP contribution is -2.49. The van der Waals surface area contributed by atoms with Gasteiger partial charge in [-0.25, -0.2) is 4.79 Å². The number of pyridine rings is 1. The Morgan fingerprint density at radius 1 is 0.944 bits per heavy atom. The van der Waals surface area contributed by atoms with Gasteiger partial charge in [0.1, 0.15) is 0 Å². The number of likely N-dealkylation sites (tertiary alicyclic amines) is 1. The fourth-order valence-corrected chi connectivity index (χ4v) is 6.10. The van der Waals surface area contributed by atoms with E-state index in [2.05, 4.69) is 34.1 Å². The third kappa shape index (κ3) is 3.57. The molecule has 3 fully saturated rings. The van der Waals surface area contributed by atoms with E-state index >= 15 is 0 Å². The molecule has 0 radical (unpaired) electrons. The van der Waals surface area contributed by atoms with Gasteiger partial charge in [-0.3, -0.25) is 14.6 Å². The third-order valence-corrected chi connectivity index (χ3v) is 8.37. The molecular formula is C28H32N4O4. The number of piperazine rings is 1. The fourth-order valence-electron chi connectivity index (χ4n) is 6.10. The van der Waals surface area contributed by atoms with Gasteiger partial charge < -0.3 is 19.4 Å². The molecule has 3 aliphatic heterocycles. The van der Waals surface area contributed by atoms with Gasteiger partial charge in [-0.15, -0.1) is 0 Å². The summed E-state index contributed by atoms with van der Waals surface area (Å²) in [6.45, 7) is 7.97. The van der Waals surface area contributed by atoms with Crippen LogP contribution in [-0.4, -0.2) is 71.8 Å². The quantitative estimate of drug-likeness (QED) is 0.616. The van der Waals surface area contributed by atoms with Crippen molar-refractivity contribution in [3.63, 3.8) is 0 Å². The third-order valence-electron chi connectivity index (χ3n) is 8.37. The van der Waals surface area contributed by atoms with Crippen molar-refractivity contribution in [2.45, 2.75) is 44.1 Å². The average molecular weight is 489 g/mol. The van der Waals surface area contributed by atoms with Crippen LogP contribution in [0.4, 0.5) is 5.69 Å². The molecule has 0 N–H and O–H groups in total. The van der Waals surface area contributed by atoms with Gasteiger partial charge in [0.15, 0.2) is 5.60 Å². The molecular weight excluding hydrogens is 456 g/mol. The van der Waals surface area contributed by atoms with Crippen molar-refractivity contribution in [1.29, 1.82) is 0 Å². The molecule has 4 heterocycles. The first-order valence-electron chi connectivity index (χ1n) is 12.9. The van der Waals surface area contributed by atoms with E-state index in [4.69, 9.17) is 4.74 Å². The summed E-state index contributed by atoms with van der Waals surface area (Å²) in [5.74, 6) is 0.0292. The molecule has 1 atom stereocenters. The number of aromatic nitrogens is 1. The second kappa shape index (κ2) is 8.32. The minimum absolute atomic E-state index is 0.0288. The van der Waals surface area contributed by atoms with Crippen LogP contribution in [0.5, 0.6) is 0 Å². The number of carbonyl (C=O) groups excluding carboxylic acids is 3. The van der Waals surface area contributed by atoms with Crippen LogP contribution < -0.4 is 4.90 Å². The zero-order valence-electron chi connectivity index (χ0n) is 20.9. The molecule has 0 unspecified atom stereocenters. The van der Waals surface area contributed by atoms with E-state index < -0.39 is 11.0 Å². The Hall–Kier alpha value is -3.42. The predicted octanol–water partition coefficient (Wildman–Crippen LogP) is 2.72. The van der Waals surface area contributed by atoms with E-state index in [1.807, 2.05) is 29.7 Å². The number of esters is 1. The largest absolute Gasteiger partial charge is 0.449 e. The maximum Gasteiger partial charge on any atom is 0.341 e. The number of anilines is 1. The monoisotopic (exact) mass is 488 g/mol. The lowest BCUT2D eigenvalue weighted by Gasteiger charge is -2.37. The second-order valence-corrected chi connectivity index (χ2v) is 10.9. The fraction of sp³-hybridized carbons (Fsp3) is 0.500. The molecule has 188 valence electrons. The molecule has 1 aromatic carbocycles. The highest BCUT2D eigenvalue weighted by Gasteiger charge is 2.57. The molecule has 1 saturated carbocycles. The van der Waals surface area contributed by atoms with Crippen LogP contribution in [0.15, 0.2) is 42.7 Å². The number of benzene rings is 1. The van der Waals surface area contributed by atoms with Gasteiger partial charge in [0.2, 0.25) is 11.8 Å². The Bertz CT molecular complexity index is 1210. The number of amides is 2. The Morgan fingerprint density at radius 2 is 1.67 bits per heavy atom. The van der Waals surface area contributed by atoms with E-state index in [1.165, 1.54) is 0 Å². The van der Waals surface area contributed by atoms with Gasteiger partial charge in [-0.05, 0) is 36.6 Å². The number of fused-ring (bicyclic) bond motifs is 2.